The number of hydrogen-bond donors (Lipinski definition) is 2. The summed E-state index contributed by atoms with van der Waals surface area (Å²) < 4.78 is 22.4. The van der Waals surface area contributed by atoms with E-state index >= 15 is 0 Å². The second-order valence-electron chi connectivity index (χ2n) is 7.88. The maximum Gasteiger partial charge on any atom is 0.312 e. The third-order valence-electron chi connectivity index (χ3n) is 5.88. The van der Waals surface area contributed by atoms with E-state index in [9.17, 15) is 19.8 Å². The van der Waals surface area contributed by atoms with Gasteiger partial charge in [-0.2, -0.15) is 0 Å². The Labute approximate surface area is 186 Å². The van der Waals surface area contributed by atoms with Crippen LogP contribution in [0.2, 0.25) is 0 Å². The Kier molecular flexibility index (Phi) is 4.10. The van der Waals surface area contributed by atoms with Gasteiger partial charge in [0.15, 0.2) is 16.9 Å². The highest BCUT2D eigenvalue weighted by Crippen LogP contribution is 2.47. The molecule has 3 heterocycles. The van der Waals surface area contributed by atoms with Crippen LogP contribution in [0.15, 0.2) is 63.8 Å². The number of benzene rings is 3. The largest absolute Gasteiger partial charge is 0.508 e. The van der Waals surface area contributed by atoms with Crippen LogP contribution in [0, 0.1) is 0 Å². The summed E-state index contributed by atoms with van der Waals surface area (Å²) in [7, 11) is 0. The van der Waals surface area contributed by atoms with E-state index in [2.05, 4.69) is 0 Å². The number of rotatable bonds is 2. The van der Waals surface area contributed by atoms with Crippen LogP contribution in [-0.4, -0.2) is 23.0 Å². The lowest BCUT2D eigenvalue weighted by molar-refractivity contribution is -0.135. The van der Waals surface area contributed by atoms with Crippen molar-refractivity contribution in [2.75, 3.05) is 6.79 Å². The van der Waals surface area contributed by atoms with Crippen LogP contribution < -0.4 is 19.6 Å². The molecule has 164 valence electrons. The summed E-state index contributed by atoms with van der Waals surface area (Å²) in [6, 6.07) is 14.1. The van der Waals surface area contributed by atoms with Gasteiger partial charge in [-0.15, -0.1) is 0 Å². The minimum atomic E-state index is -0.503. The van der Waals surface area contributed by atoms with Crippen LogP contribution >= 0.6 is 0 Å². The predicted octanol–water partition coefficient (Wildman–Crippen LogP) is 4.04. The molecule has 8 nitrogen and oxygen atoms in total. The van der Waals surface area contributed by atoms with Gasteiger partial charge in [-0.25, -0.2) is 0 Å². The van der Waals surface area contributed by atoms with E-state index in [1.54, 1.807) is 24.3 Å². The molecule has 1 unspecified atom stereocenters. The third-order valence-corrected chi connectivity index (χ3v) is 5.88. The van der Waals surface area contributed by atoms with Gasteiger partial charge >= 0.3 is 5.97 Å². The van der Waals surface area contributed by atoms with E-state index in [-0.39, 0.29) is 47.2 Å². The first kappa shape index (κ1) is 19.2. The summed E-state index contributed by atoms with van der Waals surface area (Å²) in [6.07, 6.45) is 0.0136. The zero-order valence-corrected chi connectivity index (χ0v) is 17.0. The highest BCUT2D eigenvalue weighted by molar-refractivity contribution is 5.93. The second kappa shape index (κ2) is 7.03. The van der Waals surface area contributed by atoms with Crippen molar-refractivity contribution in [3.8, 4) is 40.1 Å². The molecular formula is C25H16O8. The molecule has 1 atom stereocenters. The summed E-state index contributed by atoms with van der Waals surface area (Å²) in [5, 5.41) is 20.1. The van der Waals surface area contributed by atoms with E-state index in [4.69, 9.17) is 18.6 Å². The molecule has 3 aromatic carbocycles. The summed E-state index contributed by atoms with van der Waals surface area (Å²) in [5.41, 5.74) is 1.49. The van der Waals surface area contributed by atoms with Gasteiger partial charge in [0.25, 0.3) is 0 Å². The van der Waals surface area contributed by atoms with E-state index in [1.165, 1.54) is 24.3 Å². The fourth-order valence-corrected chi connectivity index (χ4v) is 4.34. The van der Waals surface area contributed by atoms with Crippen molar-refractivity contribution in [3.63, 3.8) is 0 Å². The summed E-state index contributed by atoms with van der Waals surface area (Å²) in [4.78, 5) is 25.4. The van der Waals surface area contributed by atoms with Crippen molar-refractivity contribution in [2.45, 2.75) is 12.3 Å². The van der Waals surface area contributed by atoms with E-state index < -0.39 is 17.3 Å². The van der Waals surface area contributed by atoms with Gasteiger partial charge in [0.1, 0.15) is 34.0 Å². The van der Waals surface area contributed by atoms with Gasteiger partial charge in [0.05, 0.1) is 6.42 Å². The fourth-order valence-electron chi connectivity index (χ4n) is 4.34. The molecule has 0 bridgehead atoms. The van der Waals surface area contributed by atoms with Gasteiger partial charge in [-0.05, 0) is 42.0 Å². The first-order valence-electron chi connectivity index (χ1n) is 10.2. The quantitative estimate of drug-likeness (QED) is 0.352. The Morgan fingerprint density at radius 3 is 2.45 bits per heavy atom. The highest BCUT2D eigenvalue weighted by Gasteiger charge is 2.34. The molecule has 4 aromatic rings. The van der Waals surface area contributed by atoms with Crippen molar-refractivity contribution in [1.82, 2.24) is 0 Å². The Balaban J connectivity index is 1.62. The van der Waals surface area contributed by atoms with Crippen LogP contribution in [0.3, 0.4) is 0 Å². The maximum absolute atomic E-state index is 13.0. The number of ether oxygens (including phenoxy) is 3. The lowest BCUT2D eigenvalue weighted by Gasteiger charge is -2.26. The summed E-state index contributed by atoms with van der Waals surface area (Å²) in [6.45, 7) is 0.115. The lowest BCUT2D eigenvalue weighted by Crippen LogP contribution is -2.22. The Morgan fingerprint density at radius 1 is 0.848 bits per heavy atom. The fraction of sp³-hybridized carbons (Fsp3) is 0.120. The molecule has 33 heavy (non-hydrogen) atoms. The number of phenolic OH excluding ortho intramolecular Hbond substituents is 2. The minimum absolute atomic E-state index is 0.0000272. The molecule has 2 aliphatic rings. The third kappa shape index (κ3) is 3.07. The number of aromatic hydroxyl groups is 2. The molecule has 0 radical (unpaired) electrons. The number of esters is 1. The van der Waals surface area contributed by atoms with Gasteiger partial charge in [0.2, 0.25) is 6.79 Å². The molecule has 0 aliphatic carbocycles. The van der Waals surface area contributed by atoms with Crippen LogP contribution in [0.25, 0.3) is 22.3 Å². The van der Waals surface area contributed by atoms with Gasteiger partial charge in [-0.1, -0.05) is 6.07 Å². The zero-order chi connectivity index (χ0) is 22.7. The van der Waals surface area contributed by atoms with Crippen LogP contribution in [0.5, 0.6) is 28.7 Å². The predicted molar refractivity (Wildman–Crippen MR) is 116 cm³/mol. The van der Waals surface area contributed by atoms with E-state index in [1.807, 2.05) is 6.07 Å². The van der Waals surface area contributed by atoms with Crippen molar-refractivity contribution in [2.24, 2.45) is 0 Å². The molecule has 0 amide bonds. The standard InChI is InChI=1S/C25H16O8/c26-14-4-1-12(2-5-14)19-9-16(27)24-17(28)10-21-23(25(24)33-19)15(8-22(29)32-21)13-3-6-18-20(7-13)31-11-30-18/h1-7,9-10,15,26,28H,8,11H2. The number of fused-ring (bicyclic) bond motifs is 4. The average Bonchev–Trinajstić information content (AvgIpc) is 3.26. The SMILES string of the molecule is O=C1CC(c2ccc3c(c2)OCO3)c2c(cc(O)c3c(=O)cc(-c4ccc(O)cc4)oc23)O1. The van der Waals surface area contributed by atoms with Gasteiger partial charge < -0.3 is 28.8 Å². The molecule has 6 rings (SSSR count). The monoisotopic (exact) mass is 444 g/mol. The number of carbonyl (C=O) groups is 1. The molecule has 2 N–H and O–H groups in total. The zero-order valence-electron chi connectivity index (χ0n) is 17.0. The average molecular weight is 444 g/mol. The topological polar surface area (TPSA) is 115 Å². The molecule has 1 aromatic heterocycles. The van der Waals surface area contributed by atoms with Crippen LogP contribution in [0.1, 0.15) is 23.5 Å². The summed E-state index contributed by atoms with van der Waals surface area (Å²) in [5.74, 6) is 0.307. The lowest BCUT2D eigenvalue weighted by atomic mass is 9.85. The van der Waals surface area contributed by atoms with Crippen LogP contribution in [0.4, 0.5) is 0 Å². The van der Waals surface area contributed by atoms with Gasteiger partial charge in [0, 0.05) is 29.2 Å². The number of phenols is 2. The molecule has 0 fully saturated rings. The van der Waals surface area contributed by atoms with Crippen molar-refractivity contribution >= 4 is 16.9 Å². The van der Waals surface area contributed by atoms with Crippen molar-refractivity contribution in [1.29, 1.82) is 0 Å². The summed E-state index contributed by atoms with van der Waals surface area (Å²) >= 11 is 0. The molecule has 0 saturated heterocycles. The smallest absolute Gasteiger partial charge is 0.312 e. The van der Waals surface area contributed by atoms with E-state index in [0.29, 0.717) is 22.6 Å². The molecule has 8 heteroatoms. The Morgan fingerprint density at radius 2 is 1.64 bits per heavy atom. The molecule has 0 spiro atoms. The van der Waals surface area contributed by atoms with E-state index in [0.717, 1.165) is 5.56 Å². The first-order valence-corrected chi connectivity index (χ1v) is 10.2. The molecular weight excluding hydrogens is 428 g/mol. The van der Waals surface area contributed by atoms with Crippen molar-refractivity contribution in [3.05, 3.63) is 75.9 Å². The van der Waals surface area contributed by atoms with Gasteiger partial charge in [-0.3, -0.25) is 9.59 Å². The molecule has 2 aliphatic heterocycles. The normalized spacial score (nSPS) is 16.5. The number of hydrogen-bond acceptors (Lipinski definition) is 8. The van der Waals surface area contributed by atoms with Crippen LogP contribution in [-0.2, 0) is 4.79 Å². The second-order valence-corrected chi connectivity index (χ2v) is 7.88. The minimum Gasteiger partial charge on any atom is -0.508 e. The maximum atomic E-state index is 13.0. The Hall–Kier alpha value is -4.46. The Bertz CT molecular complexity index is 1500. The molecule has 0 saturated carbocycles. The number of carbonyl (C=O) groups excluding carboxylic acids is 1. The van der Waals surface area contributed by atoms with Crippen molar-refractivity contribution < 1.29 is 33.6 Å². The highest BCUT2D eigenvalue weighted by atomic mass is 16.7. The first-order chi connectivity index (χ1) is 16.0.